The highest BCUT2D eigenvalue weighted by molar-refractivity contribution is 4.95. The number of ether oxygens (including phenoxy) is 2. The standard InChI is InChI=1S/C12H25NO2/c1-6-12(9-14-5)8-13-7-11(4,15-12)10(2)3/h10,13H,6-9H2,1-5H3. The fraction of sp³-hybridized carbons (Fsp3) is 1.00. The van der Waals surface area contributed by atoms with Gasteiger partial charge in [-0.15, -0.1) is 0 Å². The molecular formula is C12H25NO2. The molecule has 2 unspecified atom stereocenters. The van der Waals surface area contributed by atoms with E-state index in [1.54, 1.807) is 7.11 Å². The molecule has 0 aromatic heterocycles. The summed E-state index contributed by atoms with van der Waals surface area (Å²) in [5, 5.41) is 3.48. The van der Waals surface area contributed by atoms with Gasteiger partial charge in [0.1, 0.15) is 5.60 Å². The highest BCUT2D eigenvalue weighted by Gasteiger charge is 2.43. The zero-order valence-corrected chi connectivity index (χ0v) is 10.7. The molecule has 0 bridgehead atoms. The molecule has 1 saturated heterocycles. The minimum atomic E-state index is -0.147. The van der Waals surface area contributed by atoms with Gasteiger partial charge >= 0.3 is 0 Å². The smallest absolute Gasteiger partial charge is 0.104 e. The number of hydrogen-bond donors (Lipinski definition) is 1. The Labute approximate surface area is 93.5 Å². The van der Waals surface area contributed by atoms with Crippen LogP contribution in [0, 0.1) is 5.92 Å². The molecular weight excluding hydrogens is 190 g/mol. The van der Waals surface area contributed by atoms with Gasteiger partial charge in [-0.3, -0.25) is 0 Å². The Morgan fingerprint density at radius 1 is 1.40 bits per heavy atom. The van der Waals surface area contributed by atoms with Crippen LogP contribution in [0.2, 0.25) is 0 Å². The highest BCUT2D eigenvalue weighted by atomic mass is 16.6. The second-order valence-corrected chi connectivity index (χ2v) is 5.14. The van der Waals surface area contributed by atoms with Crippen molar-refractivity contribution in [2.45, 2.75) is 45.3 Å². The maximum Gasteiger partial charge on any atom is 0.104 e. The van der Waals surface area contributed by atoms with Crippen molar-refractivity contribution in [1.82, 2.24) is 5.32 Å². The van der Waals surface area contributed by atoms with Crippen LogP contribution < -0.4 is 5.32 Å². The summed E-state index contributed by atoms with van der Waals surface area (Å²) in [6.45, 7) is 11.2. The fourth-order valence-corrected chi connectivity index (χ4v) is 2.07. The minimum absolute atomic E-state index is 0.0766. The summed E-state index contributed by atoms with van der Waals surface area (Å²) in [5.74, 6) is 0.507. The van der Waals surface area contributed by atoms with Crippen LogP contribution in [0.5, 0.6) is 0 Å². The average Bonchev–Trinajstić information content (AvgIpc) is 2.18. The molecule has 1 fully saturated rings. The largest absolute Gasteiger partial charge is 0.382 e. The third kappa shape index (κ3) is 2.71. The molecule has 1 N–H and O–H groups in total. The molecule has 0 radical (unpaired) electrons. The quantitative estimate of drug-likeness (QED) is 0.776. The Kier molecular flexibility index (Phi) is 4.15. The van der Waals surface area contributed by atoms with Crippen molar-refractivity contribution in [3.05, 3.63) is 0 Å². The first-order valence-electron chi connectivity index (χ1n) is 5.88. The average molecular weight is 215 g/mol. The minimum Gasteiger partial charge on any atom is -0.382 e. The number of nitrogens with one attached hydrogen (secondary N) is 1. The van der Waals surface area contributed by atoms with Crippen LogP contribution >= 0.6 is 0 Å². The van der Waals surface area contributed by atoms with Gasteiger partial charge in [-0.1, -0.05) is 20.8 Å². The predicted molar refractivity (Wildman–Crippen MR) is 62.1 cm³/mol. The summed E-state index contributed by atoms with van der Waals surface area (Å²) in [4.78, 5) is 0. The molecule has 3 heteroatoms. The summed E-state index contributed by atoms with van der Waals surface area (Å²) < 4.78 is 11.6. The third-order valence-electron chi connectivity index (χ3n) is 3.65. The van der Waals surface area contributed by atoms with Crippen LogP contribution in [-0.2, 0) is 9.47 Å². The van der Waals surface area contributed by atoms with Crippen LogP contribution in [0.25, 0.3) is 0 Å². The molecule has 0 aromatic carbocycles. The van der Waals surface area contributed by atoms with Gasteiger partial charge in [0.25, 0.3) is 0 Å². The van der Waals surface area contributed by atoms with E-state index in [1.807, 2.05) is 0 Å². The summed E-state index contributed by atoms with van der Waals surface area (Å²) >= 11 is 0. The zero-order chi connectivity index (χ0) is 11.5. The van der Waals surface area contributed by atoms with Crippen LogP contribution in [0.3, 0.4) is 0 Å². The van der Waals surface area contributed by atoms with Crippen molar-refractivity contribution in [1.29, 1.82) is 0 Å². The summed E-state index contributed by atoms with van der Waals surface area (Å²) in [5.41, 5.74) is -0.223. The van der Waals surface area contributed by atoms with Crippen molar-refractivity contribution in [2.24, 2.45) is 5.92 Å². The normalized spacial score (nSPS) is 37.2. The van der Waals surface area contributed by atoms with Gasteiger partial charge in [0, 0.05) is 20.2 Å². The lowest BCUT2D eigenvalue weighted by molar-refractivity contribution is -0.207. The van der Waals surface area contributed by atoms with Crippen molar-refractivity contribution in [3.8, 4) is 0 Å². The first-order chi connectivity index (χ1) is 6.98. The first kappa shape index (κ1) is 12.9. The topological polar surface area (TPSA) is 30.5 Å². The van der Waals surface area contributed by atoms with Gasteiger partial charge in [-0.05, 0) is 19.3 Å². The van der Waals surface area contributed by atoms with E-state index in [2.05, 4.69) is 33.0 Å². The van der Waals surface area contributed by atoms with E-state index >= 15 is 0 Å². The van der Waals surface area contributed by atoms with E-state index in [0.29, 0.717) is 12.5 Å². The van der Waals surface area contributed by atoms with Gasteiger partial charge in [0.05, 0.1) is 12.2 Å². The molecule has 90 valence electrons. The van der Waals surface area contributed by atoms with Gasteiger partial charge in [-0.25, -0.2) is 0 Å². The molecule has 1 rings (SSSR count). The molecule has 0 spiro atoms. The lowest BCUT2D eigenvalue weighted by Crippen LogP contribution is -2.62. The number of hydrogen-bond acceptors (Lipinski definition) is 3. The highest BCUT2D eigenvalue weighted by Crippen LogP contribution is 2.32. The number of methoxy groups -OCH3 is 1. The number of morpholine rings is 1. The van der Waals surface area contributed by atoms with Gasteiger partial charge in [0.2, 0.25) is 0 Å². The Morgan fingerprint density at radius 2 is 2.07 bits per heavy atom. The summed E-state index contributed by atoms with van der Waals surface area (Å²) in [7, 11) is 1.74. The molecule has 0 aromatic rings. The molecule has 0 saturated carbocycles. The zero-order valence-electron chi connectivity index (χ0n) is 10.7. The van der Waals surface area contributed by atoms with E-state index in [9.17, 15) is 0 Å². The predicted octanol–water partition coefficient (Wildman–Crippen LogP) is 1.82. The SMILES string of the molecule is CCC1(COC)CNCC(C)(C(C)C)O1. The van der Waals surface area contributed by atoms with Gasteiger partial charge in [-0.2, -0.15) is 0 Å². The Hall–Kier alpha value is -0.120. The van der Waals surface area contributed by atoms with Crippen molar-refractivity contribution >= 4 is 0 Å². The monoisotopic (exact) mass is 215 g/mol. The molecule has 0 amide bonds. The first-order valence-corrected chi connectivity index (χ1v) is 5.88. The maximum absolute atomic E-state index is 6.33. The van der Waals surface area contributed by atoms with E-state index in [-0.39, 0.29) is 11.2 Å². The van der Waals surface area contributed by atoms with Gasteiger partial charge in [0.15, 0.2) is 0 Å². The maximum atomic E-state index is 6.33. The van der Waals surface area contributed by atoms with E-state index in [1.165, 1.54) is 0 Å². The van der Waals surface area contributed by atoms with Crippen LogP contribution in [-0.4, -0.2) is 38.0 Å². The summed E-state index contributed by atoms with van der Waals surface area (Å²) in [6.07, 6.45) is 0.982. The van der Waals surface area contributed by atoms with Gasteiger partial charge < -0.3 is 14.8 Å². The van der Waals surface area contributed by atoms with E-state index in [0.717, 1.165) is 19.5 Å². The van der Waals surface area contributed by atoms with Crippen molar-refractivity contribution in [2.75, 3.05) is 26.8 Å². The van der Waals surface area contributed by atoms with E-state index in [4.69, 9.17) is 9.47 Å². The molecule has 1 heterocycles. The molecule has 2 atom stereocenters. The van der Waals surface area contributed by atoms with Crippen LogP contribution in [0.1, 0.15) is 34.1 Å². The third-order valence-corrected chi connectivity index (χ3v) is 3.65. The second kappa shape index (κ2) is 4.81. The molecule has 0 aliphatic carbocycles. The second-order valence-electron chi connectivity index (χ2n) is 5.14. The van der Waals surface area contributed by atoms with E-state index < -0.39 is 0 Å². The molecule has 3 nitrogen and oxygen atoms in total. The van der Waals surface area contributed by atoms with Crippen LogP contribution in [0.15, 0.2) is 0 Å². The number of rotatable bonds is 4. The Morgan fingerprint density at radius 3 is 2.53 bits per heavy atom. The lowest BCUT2D eigenvalue weighted by atomic mass is 9.87. The molecule has 1 aliphatic heterocycles. The fourth-order valence-electron chi connectivity index (χ4n) is 2.07. The molecule has 15 heavy (non-hydrogen) atoms. The lowest BCUT2D eigenvalue weighted by Gasteiger charge is -2.48. The van der Waals surface area contributed by atoms with Crippen molar-refractivity contribution < 1.29 is 9.47 Å². The Balaban J connectivity index is 2.76. The summed E-state index contributed by atoms with van der Waals surface area (Å²) in [6, 6.07) is 0. The molecule has 1 aliphatic rings. The van der Waals surface area contributed by atoms with Crippen LogP contribution in [0.4, 0.5) is 0 Å². The Bertz CT molecular complexity index is 204. The van der Waals surface area contributed by atoms with Crippen molar-refractivity contribution in [3.63, 3.8) is 0 Å².